The first kappa shape index (κ1) is 8.32. The van der Waals surface area contributed by atoms with E-state index in [1.807, 2.05) is 31.2 Å². The smallest absolute Gasteiger partial charge is 0.139 e. The minimum Gasteiger partial charge on any atom is -0.461 e. The van der Waals surface area contributed by atoms with Crippen LogP contribution in [0.25, 0.3) is 11.3 Å². The largest absolute Gasteiger partial charge is 0.461 e. The Morgan fingerprint density at radius 3 is 2.77 bits per heavy atom. The molecule has 2 nitrogen and oxygen atoms in total. The Kier molecular flexibility index (Phi) is 2.07. The summed E-state index contributed by atoms with van der Waals surface area (Å²) < 4.78 is 5.43. The molecule has 0 amide bonds. The van der Waals surface area contributed by atoms with E-state index in [4.69, 9.17) is 16.0 Å². The third-order valence-electron chi connectivity index (χ3n) is 1.76. The summed E-state index contributed by atoms with van der Waals surface area (Å²) in [7, 11) is 0. The molecule has 0 unspecified atom stereocenters. The average molecular weight is 194 g/mol. The van der Waals surface area contributed by atoms with Crippen LogP contribution in [0.1, 0.15) is 5.76 Å². The van der Waals surface area contributed by atoms with E-state index in [9.17, 15) is 0 Å². The van der Waals surface area contributed by atoms with Gasteiger partial charge in [-0.25, -0.2) is 4.98 Å². The molecule has 0 aliphatic carbocycles. The predicted molar refractivity (Wildman–Crippen MR) is 51.7 cm³/mol. The summed E-state index contributed by atoms with van der Waals surface area (Å²) in [5.41, 5.74) is 0.831. The molecule has 0 aliphatic rings. The van der Waals surface area contributed by atoms with Crippen LogP contribution in [0.5, 0.6) is 0 Å². The Morgan fingerprint density at radius 1 is 1.31 bits per heavy atom. The number of aryl methyl sites for hydroxylation is 1. The number of aromatic nitrogens is 1. The summed E-state index contributed by atoms with van der Waals surface area (Å²) in [6, 6.07) is 7.50. The fourth-order valence-electron chi connectivity index (χ4n) is 1.15. The predicted octanol–water partition coefficient (Wildman–Crippen LogP) is 3.30. The molecule has 66 valence electrons. The fourth-order valence-corrected chi connectivity index (χ4v) is 1.36. The first-order valence-corrected chi connectivity index (χ1v) is 4.32. The number of nitrogens with zero attached hydrogens (tertiary/aromatic N) is 1. The average Bonchev–Trinajstić information content (AvgIpc) is 2.53. The third kappa shape index (κ3) is 1.58. The van der Waals surface area contributed by atoms with Crippen molar-refractivity contribution in [2.45, 2.75) is 6.92 Å². The lowest BCUT2D eigenvalue weighted by molar-refractivity contribution is 0.548. The minimum atomic E-state index is 0.469. The fraction of sp³-hybridized carbons (Fsp3) is 0.100. The highest BCUT2D eigenvalue weighted by molar-refractivity contribution is 6.31. The van der Waals surface area contributed by atoms with Crippen LogP contribution in [0.4, 0.5) is 0 Å². The molecule has 0 bridgehead atoms. The highest BCUT2D eigenvalue weighted by Crippen LogP contribution is 2.26. The molecule has 2 aromatic rings. The van der Waals surface area contributed by atoms with Gasteiger partial charge in [0.05, 0.1) is 5.56 Å². The van der Waals surface area contributed by atoms with Crippen LogP contribution in [-0.4, -0.2) is 4.98 Å². The van der Waals surface area contributed by atoms with Crippen LogP contribution in [0, 0.1) is 6.92 Å². The van der Waals surface area contributed by atoms with E-state index in [-0.39, 0.29) is 0 Å². The molecule has 13 heavy (non-hydrogen) atoms. The maximum Gasteiger partial charge on any atom is 0.139 e. The van der Waals surface area contributed by atoms with Crippen molar-refractivity contribution >= 4 is 11.6 Å². The summed E-state index contributed by atoms with van der Waals surface area (Å²) in [5, 5.41) is 0.469. The van der Waals surface area contributed by atoms with Crippen molar-refractivity contribution in [2.24, 2.45) is 0 Å². The Morgan fingerprint density at radius 2 is 2.15 bits per heavy atom. The van der Waals surface area contributed by atoms with Crippen molar-refractivity contribution < 1.29 is 4.42 Å². The van der Waals surface area contributed by atoms with Gasteiger partial charge in [0, 0.05) is 6.20 Å². The highest BCUT2D eigenvalue weighted by atomic mass is 35.5. The molecule has 0 radical (unpaired) electrons. The molecule has 0 aromatic carbocycles. The lowest BCUT2D eigenvalue weighted by Crippen LogP contribution is -1.78. The van der Waals surface area contributed by atoms with Crippen molar-refractivity contribution in [3.05, 3.63) is 41.4 Å². The van der Waals surface area contributed by atoms with Crippen LogP contribution >= 0.6 is 11.6 Å². The summed E-state index contributed by atoms with van der Waals surface area (Å²) in [4.78, 5) is 3.97. The first-order valence-electron chi connectivity index (χ1n) is 3.95. The monoisotopic (exact) mass is 193 g/mol. The van der Waals surface area contributed by atoms with Crippen LogP contribution in [-0.2, 0) is 0 Å². The van der Waals surface area contributed by atoms with E-state index in [0.717, 1.165) is 17.1 Å². The lowest BCUT2D eigenvalue weighted by atomic mass is 10.2. The van der Waals surface area contributed by atoms with E-state index in [0.29, 0.717) is 5.15 Å². The van der Waals surface area contributed by atoms with Gasteiger partial charge in [-0.3, -0.25) is 0 Å². The van der Waals surface area contributed by atoms with Gasteiger partial charge in [-0.05, 0) is 31.2 Å². The van der Waals surface area contributed by atoms with E-state index >= 15 is 0 Å². The molecule has 0 N–H and O–H groups in total. The van der Waals surface area contributed by atoms with Crippen LogP contribution in [0.2, 0.25) is 5.15 Å². The number of rotatable bonds is 1. The zero-order chi connectivity index (χ0) is 9.26. The van der Waals surface area contributed by atoms with Gasteiger partial charge in [0.1, 0.15) is 16.7 Å². The summed E-state index contributed by atoms with van der Waals surface area (Å²) in [6.07, 6.45) is 1.65. The first-order chi connectivity index (χ1) is 6.27. The molecular formula is C10H8ClNO. The van der Waals surface area contributed by atoms with Crippen molar-refractivity contribution in [1.82, 2.24) is 4.98 Å². The Labute approximate surface area is 81.2 Å². The molecule has 0 saturated carbocycles. The van der Waals surface area contributed by atoms with Gasteiger partial charge in [-0.15, -0.1) is 0 Å². The van der Waals surface area contributed by atoms with Crippen LogP contribution < -0.4 is 0 Å². The molecule has 0 aliphatic heterocycles. The quantitative estimate of drug-likeness (QED) is 0.650. The number of halogens is 1. The molecule has 2 aromatic heterocycles. The Balaban J connectivity index is 2.52. The summed E-state index contributed by atoms with van der Waals surface area (Å²) in [5.74, 6) is 1.63. The maximum absolute atomic E-state index is 5.90. The highest BCUT2D eigenvalue weighted by Gasteiger charge is 2.06. The van der Waals surface area contributed by atoms with Gasteiger partial charge >= 0.3 is 0 Å². The maximum atomic E-state index is 5.90. The van der Waals surface area contributed by atoms with Gasteiger partial charge in [0.2, 0.25) is 0 Å². The molecule has 2 heterocycles. The second kappa shape index (κ2) is 3.23. The zero-order valence-corrected chi connectivity index (χ0v) is 7.88. The minimum absolute atomic E-state index is 0.469. The van der Waals surface area contributed by atoms with Crippen molar-refractivity contribution in [1.29, 1.82) is 0 Å². The van der Waals surface area contributed by atoms with E-state index in [2.05, 4.69) is 4.98 Å². The molecule has 0 spiro atoms. The second-order valence-electron chi connectivity index (χ2n) is 2.75. The number of furan rings is 1. The molecule has 0 atom stereocenters. The van der Waals surface area contributed by atoms with Gasteiger partial charge in [0.25, 0.3) is 0 Å². The summed E-state index contributed by atoms with van der Waals surface area (Å²) in [6.45, 7) is 1.90. The van der Waals surface area contributed by atoms with Crippen molar-refractivity contribution in [3.8, 4) is 11.3 Å². The second-order valence-corrected chi connectivity index (χ2v) is 3.11. The molecule has 2 rings (SSSR count). The number of pyridine rings is 1. The number of hydrogen-bond acceptors (Lipinski definition) is 2. The van der Waals surface area contributed by atoms with E-state index < -0.39 is 0 Å². The van der Waals surface area contributed by atoms with Crippen LogP contribution in [0.3, 0.4) is 0 Å². The van der Waals surface area contributed by atoms with E-state index in [1.165, 1.54) is 0 Å². The third-order valence-corrected chi connectivity index (χ3v) is 2.07. The van der Waals surface area contributed by atoms with Gasteiger partial charge in [-0.1, -0.05) is 11.6 Å². The lowest BCUT2D eigenvalue weighted by Gasteiger charge is -1.97. The normalized spacial score (nSPS) is 10.3. The Hall–Kier alpha value is -1.28. The SMILES string of the molecule is Cc1ccc(-c2cccnc2Cl)o1. The van der Waals surface area contributed by atoms with Crippen LogP contribution in [0.15, 0.2) is 34.9 Å². The van der Waals surface area contributed by atoms with Gasteiger partial charge in [-0.2, -0.15) is 0 Å². The topological polar surface area (TPSA) is 26.0 Å². The van der Waals surface area contributed by atoms with E-state index in [1.54, 1.807) is 6.20 Å². The van der Waals surface area contributed by atoms with Crippen molar-refractivity contribution in [2.75, 3.05) is 0 Å². The van der Waals surface area contributed by atoms with Crippen molar-refractivity contribution in [3.63, 3.8) is 0 Å². The standard InChI is InChI=1S/C10H8ClNO/c1-7-4-5-9(13-7)8-3-2-6-12-10(8)11/h2-6H,1H3. The molecule has 0 saturated heterocycles. The van der Waals surface area contributed by atoms with Gasteiger partial charge in [0.15, 0.2) is 0 Å². The molecule has 3 heteroatoms. The number of hydrogen-bond donors (Lipinski definition) is 0. The summed E-state index contributed by atoms with van der Waals surface area (Å²) >= 11 is 5.90. The Bertz CT molecular complexity index is 422. The molecule has 0 fully saturated rings. The zero-order valence-electron chi connectivity index (χ0n) is 7.12. The van der Waals surface area contributed by atoms with Gasteiger partial charge < -0.3 is 4.42 Å². The molecular weight excluding hydrogens is 186 g/mol.